The Labute approximate surface area is 99.9 Å². The zero-order valence-corrected chi connectivity index (χ0v) is 10.9. The molecule has 0 atom stereocenters. The molecule has 0 aromatic carbocycles. The molecule has 1 aliphatic rings. The Morgan fingerprint density at radius 3 is 2.94 bits per heavy atom. The predicted molar refractivity (Wildman–Crippen MR) is 67.9 cm³/mol. The zero-order valence-electron chi connectivity index (χ0n) is 10.9. The highest BCUT2D eigenvalue weighted by Crippen LogP contribution is 1.95. The molecule has 0 aromatic heterocycles. The van der Waals surface area contributed by atoms with E-state index in [9.17, 15) is 0 Å². The van der Waals surface area contributed by atoms with E-state index in [0.29, 0.717) is 0 Å². The summed E-state index contributed by atoms with van der Waals surface area (Å²) in [5.74, 6) is 0. The molecular formula is C12H27N3O. The topological polar surface area (TPSA) is 27.7 Å². The number of hydrogen-bond donors (Lipinski definition) is 1. The first-order valence-electron chi connectivity index (χ1n) is 6.52. The molecule has 0 unspecified atom stereocenters. The van der Waals surface area contributed by atoms with Gasteiger partial charge in [-0.2, -0.15) is 0 Å². The lowest BCUT2D eigenvalue weighted by molar-refractivity contribution is 0.117. The largest absolute Gasteiger partial charge is 0.380 e. The Morgan fingerprint density at radius 1 is 1.25 bits per heavy atom. The average Bonchev–Trinajstić information content (AvgIpc) is 2.55. The Morgan fingerprint density at radius 2 is 2.12 bits per heavy atom. The smallest absolute Gasteiger partial charge is 0.0593 e. The summed E-state index contributed by atoms with van der Waals surface area (Å²) < 4.78 is 5.35. The van der Waals surface area contributed by atoms with E-state index in [0.717, 1.165) is 32.8 Å². The normalized spacial score (nSPS) is 18.9. The van der Waals surface area contributed by atoms with Crippen LogP contribution in [-0.2, 0) is 4.74 Å². The number of hydrogen-bond acceptors (Lipinski definition) is 4. The second-order valence-corrected chi connectivity index (χ2v) is 4.45. The molecule has 0 amide bonds. The summed E-state index contributed by atoms with van der Waals surface area (Å²) in [7, 11) is 2.18. The summed E-state index contributed by atoms with van der Waals surface area (Å²) in [5, 5.41) is 3.43. The molecule has 16 heavy (non-hydrogen) atoms. The molecule has 1 saturated heterocycles. The molecule has 1 N–H and O–H groups in total. The van der Waals surface area contributed by atoms with Crippen molar-refractivity contribution >= 4 is 0 Å². The molecule has 0 aromatic rings. The average molecular weight is 229 g/mol. The van der Waals surface area contributed by atoms with Crippen molar-refractivity contribution in [2.24, 2.45) is 0 Å². The van der Waals surface area contributed by atoms with E-state index in [1.165, 1.54) is 32.6 Å². The molecule has 0 bridgehead atoms. The lowest BCUT2D eigenvalue weighted by atomic mass is 10.4. The van der Waals surface area contributed by atoms with Gasteiger partial charge in [0.05, 0.1) is 6.61 Å². The molecular weight excluding hydrogens is 202 g/mol. The molecule has 0 radical (unpaired) electrons. The van der Waals surface area contributed by atoms with E-state index in [1.54, 1.807) is 0 Å². The molecule has 4 heteroatoms. The van der Waals surface area contributed by atoms with Crippen molar-refractivity contribution in [2.45, 2.75) is 13.3 Å². The molecule has 1 rings (SSSR count). The number of nitrogens with one attached hydrogen (secondary N) is 1. The molecule has 4 nitrogen and oxygen atoms in total. The first-order chi connectivity index (χ1) is 7.83. The maximum Gasteiger partial charge on any atom is 0.0593 e. The van der Waals surface area contributed by atoms with Gasteiger partial charge in [0.15, 0.2) is 0 Å². The fraction of sp³-hybridized carbons (Fsp3) is 1.00. The van der Waals surface area contributed by atoms with E-state index >= 15 is 0 Å². The van der Waals surface area contributed by atoms with Gasteiger partial charge < -0.3 is 19.9 Å². The van der Waals surface area contributed by atoms with Crippen LogP contribution in [0.5, 0.6) is 0 Å². The van der Waals surface area contributed by atoms with Crippen molar-refractivity contribution in [3.05, 3.63) is 0 Å². The van der Waals surface area contributed by atoms with Crippen molar-refractivity contribution in [3.8, 4) is 0 Å². The highest BCUT2D eigenvalue weighted by molar-refractivity contribution is 4.67. The first-order valence-corrected chi connectivity index (χ1v) is 6.52. The minimum Gasteiger partial charge on any atom is -0.380 e. The van der Waals surface area contributed by atoms with Crippen molar-refractivity contribution in [3.63, 3.8) is 0 Å². The van der Waals surface area contributed by atoms with E-state index in [1.807, 2.05) is 6.92 Å². The van der Waals surface area contributed by atoms with Crippen LogP contribution in [0.25, 0.3) is 0 Å². The van der Waals surface area contributed by atoms with Gasteiger partial charge in [-0.3, -0.25) is 0 Å². The summed E-state index contributed by atoms with van der Waals surface area (Å²) >= 11 is 0. The van der Waals surface area contributed by atoms with Crippen LogP contribution in [0.1, 0.15) is 13.3 Å². The second-order valence-electron chi connectivity index (χ2n) is 4.45. The van der Waals surface area contributed by atoms with Crippen LogP contribution in [0.4, 0.5) is 0 Å². The standard InChI is InChI=1S/C12H27N3O/c1-3-16-12-11-14(2)9-10-15-7-4-5-13-6-8-15/h13H,3-12H2,1-2H3. The van der Waals surface area contributed by atoms with Crippen LogP contribution in [0, 0.1) is 0 Å². The highest BCUT2D eigenvalue weighted by atomic mass is 16.5. The lowest BCUT2D eigenvalue weighted by Gasteiger charge is -2.23. The van der Waals surface area contributed by atoms with Crippen LogP contribution in [-0.4, -0.2) is 75.9 Å². The van der Waals surface area contributed by atoms with Gasteiger partial charge in [-0.05, 0) is 33.5 Å². The Hall–Kier alpha value is -0.160. The summed E-state index contributed by atoms with van der Waals surface area (Å²) in [4.78, 5) is 4.91. The van der Waals surface area contributed by atoms with Gasteiger partial charge in [-0.1, -0.05) is 0 Å². The molecule has 0 spiro atoms. The Bertz CT molecular complexity index is 158. The number of ether oxygens (including phenoxy) is 1. The number of nitrogens with zero attached hydrogens (tertiary/aromatic N) is 2. The van der Waals surface area contributed by atoms with Crippen LogP contribution in [0.3, 0.4) is 0 Å². The molecule has 0 aliphatic carbocycles. The quantitative estimate of drug-likeness (QED) is 0.633. The van der Waals surface area contributed by atoms with Crippen LogP contribution in [0.2, 0.25) is 0 Å². The van der Waals surface area contributed by atoms with Crippen molar-refractivity contribution in [2.75, 3.05) is 66.1 Å². The fourth-order valence-corrected chi connectivity index (χ4v) is 1.91. The summed E-state index contributed by atoms with van der Waals surface area (Å²) in [6, 6.07) is 0. The summed E-state index contributed by atoms with van der Waals surface area (Å²) in [5.41, 5.74) is 0. The SMILES string of the molecule is CCOCCN(C)CCN1CCCNCC1. The van der Waals surface area contributed by atoms with Gasteiger partial charge in [0.1, 0.15) is 0 Å². The maximum absolute atomic E-state index is 5.35. The Kier molecular flexibility index (Phi) is 7.76. The number of likely N-dealkylation sites (N-methyl/N-ethyl adjacent to an activating group) is 1. The van der Waals surface area contributed by atoms with E-state index in [2.05, 4.69) is 22.2 Å². The van der Waals surface area contributed by atoms with Crippen LogP contribution >= 0.6 is 0 Å². The monoisotopic (exact) mass is 229 g/mol. The molecule has 1 heterocycles. The van der Waals surface area contributed by atoms with Crippen molar-refractivity contribution < 1.29 is 4.74 Å². The van der Waals surface area contributed by atoms with Gasteiger partial charge in [-0.25, -0.2) is 0 Å². The van der Waals surface area contributed by atoms with E-state index in [-0.39, 0.29) is 0 Å². The van der Waals surface area contributed by atoms with E-state index in [4.69, 9.17) is 4.74 Å². The third-order valence-electron chi connectivity index (χ3n) is 3.05. The third kappa shape index (κ3) is 6.43. The molecule has 1 aliphatic heterocycles. The minimum atomic E-state index is 0.825. The number of rotatable bonds is 7. The molecule has 96 valence electrons. The van der Waals surface area contributed by atoms with E-state index < -0.39 is 0 Å². The molecule has 0 saturated carbocycles. The summed E-state index contributed by atoms with van der Waals surface area (Å²) in [6.07, 6.45) is 1.28. The van der Waals surface area contributed by atoms with Crippen molar-refractivity contribution in [1.82, 2.24) is 15.1 Å². The van der Waals surface area contributed by atoms with Gasteiger partial charge in [0.2, 0.25) is 0 Å². The Balaban J connectivity index is 2.03. The van der Waals surface area contributed by atoms with Gasteiger partial charge in [0.25, 0.3) is 0 Å². The van der Waals surface area contributed by atoms with Crippen LogP contribution < -0.4 is 5.32 Å². The maximum atomic E-state index is 5.35. The zero-order chi connectivity index (χ0) is 11.6. The van der Waals surface area contributed by atoms with Gasteiger partial charge in [-0.15, -0.1) is 0 Å². The van der Waals surface area contributed by atoms with Gasteiger partial charge in [0, 0.05) is 39.3 Å². The third-order valence-corrected chi connectivity index (χ3v) is 3.05. The summed E-state index contributed by atoms with van der Waals surface area (Å²) in [6.45, 7) is 11.9. The highest BCUT2D eigenvalue weighted by Gasteiger charge is 2.08. The molecule has 1 fully saturated rings. The predicted octanol–water partition coefficient (Wildman–Crippen LogP) is 0.250. The van der Waals surface area contributed by atoms with Gasteiger partial charge >= 0.3 is 0 Å². The fourth-order valence-electron chi connectivity index (χ4n) is 1.91. The van der Waals surface area contributed by atoms with Crippen LogP contribution in [0.15, 0.2) is 0 Å². The van der Waals surface area contributed by atoms with Crippen molar-refractivity contribution in [1.29, 1.82) is 0 Å². The second kappa shape index (κ2) is 8.93. The first kappa shape index (κ1) is 13.9. The lowest BCUT2D eigenvalue weighted by Crippen LogP contribution is -2.36. The minimum absolute atomic E-state index is 0.825.